The summed E-state index contributed by atoms with van der Waals surface area (Å²) < 4.78 is 42.2. The van der Waals surface area contributed by atoms with Crippen molar-refractivity contribution in [2.24, 2.45) is 7.05 Å². The normalized spacial score (nSPS) is 15.1. The molecule has 0 fully saturated rings. The molecule has 1 aliphatic rings. The van der Waals surface area contributed by atoms with Gasteiger partial charge in [-0.15, -0.1) is 0 Å². The molecule has 1 aliphatic heterocycles. The van der Waals surface area contributed by atoms with E-state index in [9.17, 15) is 13.2 Å². The summed E-state index contributed by atoms with van der Waals surface area (Å²) in [6.07, 6.45) is 7.07. The molecule has 0 bridgehead atoms. The van der Waals surface area contributed by atoms with Gasteiger partial charge in [-0.25, -0.2) is 13.4 Å². The van der Waals surface area contributed by atoms with E-state index in [4.69, 9.17) is 9.47 Å². The van der Waals surface area contributed by atoms with Crippen LogP contribution in [0.1, 0.15) is 48.2 Å². The minimum Gasteiger partial charge on any atom is -0.493 e. The molecule has 238 valence electrons. The van der Waals surface area contributed by atoms with E-state index in [-0.39, 0.29) is 29.8 Å². The molecule has 5 rings (SSSR count). The van der Waals surface area contributed by atoms with E-state index in [0.29, 0.717) is 11.5 Å². The standard InChI is InChI=1S/C35H42N4O5S/c1-38-25-36-30-23-31(39(24-32(30)38)45(41,42)29-20-21-33(43-2)34(22-29)44-3)35(40)37-28(18-10-16-26-12-6-4-7-13-26)19-11-17-27-14-8-5-9-15-27/h4-9,12-15,20-22,25,28,31H,10-11,16-19,23-24H2,1-3H3,(H,37,40). The van der Waals surface area contributed by atoms with E-state index >= 15 is 0 Å². The quantitative estimate of drug-likeness (QED) is 0.209. The lowest BCUT2D eigenvalue weighted by Gasteiger charge is -2.34. The van der Waals surface area contributed by atoms with Crippen LogP contribution in [0.25, 0.3) is 0 Å². The number of hydrogen-bond acceptors (Lipinski definition) is 6. The van der Waals surface area contributed by atoms with Crippen molar-refractivity contribution in [1.29, 1.82) is 0 Å². The zero-order valence-electron chi connectivity index (χ0n) is 26.2. The first-order chi connectivity index (χ1) is 21.8. The van der Waals surface area contributed by atoms with E-state index in [1.165, 1.54) is 41.8 Å². The first-order valence-corrected chi connectivity index (χ1v) is 16.8. The molecule has 9 nitrogen and oxygen atoms in total. The molecule has 0 saturated carbocycles. The number of nitrogens with zero attached hydrogens (tertiary/aromatic N) is 3. The third-order valence-electron chi connectivity index (χ3n) is 8.52. The fourth-order valence-corrected chi connectivity index (χ4v) is 7.55. The first-order valence-electron chi connectivity index (χ1n) is 15.4. The maximum atomic E-state index is 14.2. The summed E-state index contributed by atoms with van der Waals surface area (Å²) in [5.41, 5.74) is 4.02. The van der Waals surface area contributed by atoms with Gasteiger partial charge in [-0.05, 0) is 61.8 Å². The predicted molar refractivity (Wildman–Crippen MR) is 174 cm³/mol. The number of sulfonamides is 1. The molecular formula is C35H42N4O5S. The lowest BCUT2D eigenvalue weighted by Crippen LogP contribution is -2.54. The summed E-state index contributed by atoms with van der Waals surface area (Å²) in [5.74, 6) is 0.418. The first kappa shape index (κ1) is 32.2. The molecule has 1 atom stereocenters. The maximum absolute atomic E-state index is 14.2. The van der Waals surface area contributed by atoms with Crippen LogP contribution in [-0.2, 0) is 47.7 Å². The highest BCUT2D eigenvalue weighted by atomic mass is 32.2. The van der Waals surface area contributed by atoms with Gasteiger partial charge in [0.25, 0.3) is 0 Å². The number of aromatic nitrogens is 2. The molecule has 45 heavy (non-hydrogen) atoms. The van der Waals surface area contributed by atoms with Crippen molar-refractivity contribution in [1.82, 2.24) is 19.2 Å². The van der Waals surface area contributed by atoms with Crippen LogP contribution in [-0.4, -0.2) is 54.5 Å². The minimum absolute atomic E-state index is 0.0332. The molecule has 0 saturated heterocycles. The number of amides is 1. The van der Waals surface area contributed by atoms with E-state index in [0.717, 1.165) is 49.9 Å². The number of hydrogen-bond donors (Lipinski definition) is 1. The van der Waals surface area contributed by atoms with Crippen molar-refractivity contribution in [3.63, 3.8) is 0 Å². The third-order valence-corrected chi connectivity index (χ3v) is 10.4. The van der Waals surface area contributed by atoms with Crippen LogP contribution in [0.5, 0.6) is 11.5 Å². The number of nitrogens with one attached hydrogen (secondary N) is 1. The summed E-state index contributed by atoms with van der Waals surface area (Å²) in [6, 6.07) is 24.1. The van der Waals surface area contributed by atoms with Crippen LogP contribution in [0, 0.1) is 0 Å². The summed E-state index contributed by atoms with van der Waals surface area (Å²) in [5, 5.41) is 3.27. The monoisotopic (exact) mass is 630 g/mol. The Morgan fingerprint density at radius 2 is 1.51 bits per heavy atom. The van der Waals surface area contributed by atoms with Gasteiger partial charge in [-0.2, -0.15) is 4.31 Å². The molecule has 1 amide bonds. The molecule has 10 heteroatoms. The van der Waals surface area contributed by atoms with Gasteiger partial charge in [-0.3, -0.25) is 4.79 Å². The van der Waals surface area contributed by atoms with Gasteiger partial charge in [0.05, 0.1) is 43.4 Å². The van der Waals surface area contributed by atoms with Gasteiger partial charge in [0.15, 0.2) is 11.5 Å². The topological polar surface area (TPSA) is 103 Å². The van der Waals surface area contributed by atoms with Crippen LogP contribution in [0.2, 0.25) is 0 Å². The van der Waals surface area contributed by atoms with Crippen molar-refractivity contribution in [3.8, 4) is 11.5 Å². The van der Waals surface area contributed by atoms with Gasteiger partial charge >= 0.3 is 0 Å². The van der Waals surface area contributed by atoms with Gasteiger partial charge in [0.2, 0.25) is 15.9 Å². The molecule has 0 spiro atoms. The molecule has 4 aromatic rings. The Morgan fingerprint density at radius 3 is 2.09 bits per heavy atom. The highest BCUT2D eigenvalue weighted by Crippen LogP contribution is 2.34. The Labute approximate surface area is 266 Å². The van der Waals surface area contributed by atoms with Crippen LogP contribution >= 0.6 is 0 Å². The fourth-order valence-electron chi connectivity index (χ4n) is 5.99. The zero-order valence-corrected chi connectivity index (χ0v) is 27.0. The number of rotatable bonds is 14. The number of benzene rings is 3. The van der Waals surface area contributed by atoms with Crippen molar-refractivity contribution in [3.05, 3.63) is 108 Å². The van der Waals surface area contributed by atoms with E-state index in [1.54, 1.807) is 12.4 Å². The Bertz CT molecular complexity index is 1630. The number of methoxy groups -OCH3 is 2. The minimum atomic E-state index is -4.10. The van der Waals surface area contributed by atoms with Gasteiger partial charge in [-0.1, -0.05) is 60.7 Å². The number of carbonyl (C=O) groups is 1. The van der Waals surface area contributed by atoms with Crippen molar-refractivity contribution < 1.29 is 22.7 Å². The largest absolute Gasteiger partial charge is 0.493 e. The molecule has 2 heterocycles. The molecular weight excluding hydrogens is 588 g/mol. The van der Waals surface area contributed by atoms with Crippen molar-refractivity contribution in [2.75, 3.05) is 14.2 Å². The van der Waals surface area contributed by atoms with Gasteiger partial charge < -0.3 is 19.4 Å². The lowest BCUT2D eigenvalue weighted by atomic mass is 9.98. The van der Waals surface area contributed by atoms with Crippen LogP contribution < -0.4 is 14.8 Å². The second kappa shape index (κ2) is 14.8. The number of fused-ring (bicyclic) bond motifs is 1. The smallest absolute Gasteiger partial charge is 0.244 e. The average Bonchev–Trinajstić information content (AvgIpc) is 3.43. The van der Waals surface area contributed by atoms with Crippen molar-refractivity contribution in [2.45, 2.75) is 68.5 Å². The van der Waals surface area contributed by atoms with E-state index < -0.39 is 16.1 Å². The Morgan fingerprint density at radius 1 is 0.911 bits per heavy atom. The molecule has 3 aromatic carbocycles. The van der Waals surface area contributed by atoms with Crippen LogP contribution in [0.15, 0.2) is 90.1 Å². The summed E-state index contributed by atoms with van der Waals surface area (Å²) in [6.45, 7) is 0.0350. The second-order valence-corrected chi connectivity index (χ2v) is 13.4. The molecule has 0 aliphatic carbocycles. The Kier molecular flexibility index (Phi) is 10.6. The molecule has 0 radical (unpaired) electrons. The van der Waals surface area contributed by atoms with E-state index in [1.807, 2.05) is 48.0 Å². The Balaban J connectivity index is 1.37. The van der Waals surface area contributed by atoms with Crippen LogP contribution in [0.3, 0.4) is 0 Å². The number of imidazole rings is 1. The third kappa shape index (κ3) is 7.75. The highest BCUT2D eigenvalue weighted by molar-refractivity contribution is 7.89. The SMILES string of the molecule is COc1ccc(S(=O)(=O)N2Cc3c(ncn3C)CC2C(=O)NC(CCCc2ccccc2)CCCc2ccccc2)cc1OC. The van der Waals surface area contributed by atoms with Gasteiger partial charge in [0, 0.05) is 25.6 Å². The Hall–Kier alpha value is -4.15. The predicted octanol–water partition coefficient (Wildman–Crippen LogP) is 5.08. The molecule has 1 N–H and O–H groups in total. The summed E-state index contributed by atoms with van der Waals surface area (Å²) in [7, 11) is 0.698. The number of ether oxygens (including phenoxy) is 2. The lowest BCUT2D eigenvalue weighted by molar-refractivity contribution is -0.126. The number of aryl methyl sites for hydroxylation is 3. The second-order valence-electron chi connectivity index (χ2n) is 11.5. The average molecular weight is 631 g/mol. The van der Waals surface area contributed by atoms with Gasteiger partial charge in [0.1, 0.15) is 6.04 Å². The summed E-state index contributed by atoms with van der Waals surface area (Å²) in [4.78, 5) is 18.6. The fraction of sp³-hybridized carbons (Fsp3) is 0.371. The maximum Gasteiger partial charge on any atom is 0.244 e. The van der Waals surface area contributed by atoms with E-state index in [2.05, 4.69) is 34.6 Å². The highest BCUT2D eigenvalue weighted by Gasteiger charge is 2.42. The zero-order chi connectivity index (χ0) is 31.8. The molecule has 1 unspecified atom stereocenters. The summed E-state index contributed by atoms with van der Waals surface area (Å²) >= 11 is 0. The number of carbonyl (C=O) groups excluding carboxylic acids is 1. The van der Waals surface area contributed by atoms with Crippen molar-refractivity contribution >= 4 is 15.9 Å². The van der Waals surface area contributed by atoms with Crippen LogP contribution in [0.4, 0.5) is 0 Å². The molecule has 1 aromatic heterocycles.